The third-order valence-corrected chi connectivity index (χ3v) is 2.62. The van der Waals surface area contributed by atoms with Gasteiger partial charge in [-0.3, -0.25) is 0 Å². The number of rotatable bonds is 1. The van der Waals surface area contributed by atoms with Gasteiger partial charge in [0.15, 0.2) is 0 Å². The fraction of sp³-hybridized carbons (Fsp3) is 0. The Kier molecular flexibility index (Phi) is 1.82. The van der Waals surface area contributed by atoms with E-state index in [-0.39, 0.29) is 0 Å². The Morgan fingerprint density at radius 3 is 2.60 bits per heavy atom. The first-order valence-electron chi connectivity index (χ1n) is 4.98. The maximum atomic E-state index is 3.28. The molecule has 0 amide bonds. The minimum atomic E-state index is 1.18. The quantitative estimate of drug-likeness (QED) is 0.606. The van der Waals surface area contributed by atoms with Crippen molar-refractivity contribution < 1.29 is 0 Å². The molecule has 3 rings (SSSR count). The van der Waals surface area contributed by atoms with Crippen LogP contribution in [0.15, 0.2) is 54.7 Å². The van der Waals surface area contributed by atoms with Gasteiger partial charge in [0.25, 0.3) is 0 Å². The highest BCUT2D eigenvalue weighted by Gasteiger charge is 2.03. The van der Waals surface area contributed by atoms with Crippen LogP contribution in [0.3, 0.4) is 0 Å². The van der Waals surface area contributed by atoms with Crippen molar-refractivity contribution >= 4 is 10.9 Å². The summed E-state index contributed by atoms with van der Waals surface area (Å²) >= 11 is 0. The molecule has 1 aromatic heterocycles. The molecule has 0 fully saturated rings. The minimum absolute atomic E-state index is 1.18. The van der Waals surface area contributed by atoms with Gasteiger partial charge < -0.3 is 4.98 Å². The zero-order chi connectivity index (χ0) is 10.1. The van der Waals surface area contributed by atoms with Crippen LogP contribution in [0.2, 0.25) is 0 Å². The first-order valence-corrected chi connectivity index (χ1v) is 4.98. The number of aromatic amines is 1. The predicted molar refractivity (Wildman–Crippen MR) is 62.6 cm³/mol. The number of aromatic nitrogens is 1. The lowest BCUT2D eigenvalue weighted by Crippen LogP contribution is -1.73. The van der Waals surface area contributed by atoms with Gasteiger partial charge >= 0.3 is 0 Å². The topological polar surface area (TPSA) is 15.8 Å². The Morgan fingerprint density at radius 1 is 0.933 bits per heavy atom. The third kappa shape index (κ3) is 1.33. The second kappa shape index (κ2) is 3.28. The number of nitrogens with one attached hydrogen (secondary N) is 1. The SMILES string of the molecule is [c]1ccc(-c2c[nH]c3ccccc23)cc1. The van der Waals surface area contributed by atoms with E-state index >= 15 is 0 Å². The van der Waals surface area contributed by atoms with Crippen LogP contribution in [-0.2, 0) is 0 Å². The van der Waals surface area contributed by atoms with Crippen molar-refractivity contribution in [2.75, 3.05) is 0 Å². The molecule has 0 atom stereocenters. The minimum Gasteiger partial charge on any atom is -0.361 e. The summed E-state index contributed by atoms with van der Waals surface area (Å²) in [4.78, 5) is 3.28. The van der Waals surface area contributed by atoms with Crippen LogP contribution in [0.5, 0.6) is 0 Å². The van der Waals surface area contributed by atoms with Crippen molar-refractivity contribution in [3.05, 3.63) is 60.8 Å². The highest BCUT2D eigenvalue weighted by Crippen LogP contribution is 2.27. The number of H-pyrrole nitrogens is 1. The van der Waals surface area contributed by atoms with E-state index in [1.807, 2.05) is 18.2 Å². The molecule has 0 aliphatic heterocycles. The van der Waals surface area contributed by atoms with Gasteiger partial charge in [0.2, 0.25) is 0 Å². The van der Waals surface area contributed by atoms with E-state index in [4.69, 9.17) is 0 Å². The van der Waals surface area contributed by atoms with E-state index in [0.29, 0.717) is 0 Å². The van der Waals surface area contributed by atoms with Gasteiger partial charge in [0, 0.05) is 22.7 Å². The maximum absolute atomic E-state index is 3.28. The molecular weight excluding hydrogens is 182 g/mol. The fourth-order valence-corrected chi connectivity index (χ4v) is 1.88. The summed E-state index contributed by atoms with van der Waals surface area (Å²) in [5.74, 6) is 0. The second-order valence-corrected chi connectivity index (χ2v) is 3.54. The fourth-order valence-electron chi connectivity index (χ4n) is 1.88. The van der Waals surface area contributed by atoms with Crippen LogP contribution in [0.1, 0.15) is 0 Å². The molecule has 1 radical (unpaired) electrons. The van der Waals surface area contributed by atoms with E-state index in [0.717, 1.165) is 0 Å². The zero-order valence-corrected chi connectivity index (χ0v) is 8.20. The van der Waals surface area contributed by atoms with E-state index in [1.165, 1.54) is 22.0 Å². The summed E-state index contributed by atoms with van der Waals surface area (Å²) in [6.07, 6.45) is 2.06. The van der Waals surface area contributed by atoms with Crippen LogP contribution >= 0.6 is 0 Å². The average Bonchev–Trinajstić information content (AvgIpc) is 2.74. The summed E-state index contributed by atoms with van der Waals surface area (Å²) in [6.45, 7) is 0. The van der Waals surface area contributed by atoms with Crippen molar-refractivity contribution in [1.29, 1.82) is 0 Å². The highest BCUT2D eigenvalue weighted by atomic mass is 14.7. The lowest BCUT2D eigenvalue weighted by Gasteiger charge is -1.97. The van der Waals surface area contributed by atoms with Crippen LogP contribution in [0.4, 0.5) is 0 Å². The normalized spacial score (nSPS) is 10.7. The molecule has 3 aromatic rings. The molecule has 0 saturated carbocycles. The second-order valence-electron chi connectivity index (χ2n) is 3.54. The monoisotopic (exact) mass is 192 g/mol. The first kappa shape index (κ1) is 8.30. The summed E-state index contributed by atoms with van der Waals surface area (Å²) in [5, 5.41) is 1.27. The van der Waals surface area contributed by atoms with Gasteiger partial charge in [-0.2, -0.15) is 0 Å². The molecule has 0 spiro atoms. The highest BCUT2D eigenvalue weighted by molar-refractivity contribution is 5.95. The van der Waals surface area contributed by atoms with Gasteiger partial charge in [0.05, 0.1) is 0 Å². The Hall–Kier alpha value is -2.02. The summed E-state index contributed by atoms with van der Waals surface area (Å²) in [7, 11) is 0. The van der Waals surface area contributed by atoms with Crippen molar-refractivity contribution in [2.45, 2.75) is 0 Å². The Balaban J connectivity index is 2.28. The molecular formula is C14H10N. The molecule has 1 heteroatoms. The van der Waals surface area contributed by atoms with Crippen molar-refractivity contribution in [3.8, 4) is 11.1 Å². The predicted octanol–water partition coefficient (Wildman–Crippen LogP) is 3.64. The third-order valence-electron chi connectivity index (χ3n) is 2.62. The van der Waals surface area contributed by atoms with E-state index in [2.05, 4.69) is 47.6 Å². The number of benzene rings is 2. The lowest BCUT2D eigenvalue weighted by atomic mass is 10.1. The lowest BCUT2D eigenvalue weighted by molar-refractivity contribution is 1.47. The zero-order valence-electron chi connectivity index (χ0n) is 8.20. The molecule has 15 heavy (non-hydrogen) atoms. The van der Waals surface area contributed by atoms with Crippen LogP contribution in [0.25, 0.3) is 22.0 Å². The number of para-hydroxylation sites is 1. The van der Waals surface area contributed by atoms with E-state index in [9.17, 15) is 0 Å². The molecule has 1 N–H and O–H groups in total. The van der Waals surface area contributed by atoms with Crippen molar-refractivity contribution in [1.82, 2.24) is 4.98 Å². The largest absolute Gasteiger partial charge is 0.361 e. The standard InChI is InChI=1S/C14H10N/c1-2-6-11(7-3-1)13-10-15-14-9-5-4-8-12(13)14/h2-10,15H. The van der Waals surface area contributed by atoms with Crippen molar-refractivity contribution in [2.24, 2.45) is 0 Å². The van der Waals surface area contributed by atoms with Crippen LogP contribution in [-0.4, -0.2) is 4.98 Å². The molecule has 0 saturated heterocycles. The molecule has 0 unspecified atom stereocenters. The molecule has 0 aliphatic carbocycles. The maximum Gasteiger partial charge on any atom is 0.0460 e. The van der Waals surface area contributed by atoms with Gasteiger partial charge in [-0.25, -0.2) is 0 Å². The Labute approximate surface area is 88.4 Å². The van der Waals surface area contributed by atoms with Crippen LogP contribution in [0, 0.1) is 6.07 Å². The van der Waals surface area contributed by atoms with E-state index in [1.54, 1.807) is 0 Å². The van der Waals surface area contributed by atoms with Crippen LogP contribution < -0.4 is 0 Å². The first-order chi connectivity index (χ1) is 7.45. The van der Waals surface area contributed by atoms with Gasteiger partial charge in [-0.15, -0.1) is 0 Å². The molecule has 0 aliphatic rings. The van der Waals surface area contributed by atoms with E-state index < -0.39 is 0 Å². The van der Waals surface area contributed by atoms with Gasteiger partial charge in [-0.1, -0.05) is 42.5 Å². The Morgan fingerprint density at radius 2 is 1.73 bits per heavy atom. The Bertz CT molecular complexity index is 578. The number of hydrogen-bond acceptors (Lipinski definition) is 0. The molecule has 1 nitrogen and oxygen atoms in total. The molecule has 71 valence electrons. The summed E-state index contributed by atoms with van der Waals surface area (Å²) in [6, 6.07) is 19.4. The molecule has 2 aromatic carbocycles. The summed E-state index contributed by atoms with van der Waals surface area (Å²) in [5.41, 5.74) is 3.66. The average molecular weight is 192 g/mol. The number of hydrogen-bond donors (Lipinski definition) is 1. The van der Waals surface area contributed by atoms with Gasteiger partial charge in [-0.05, 0) is 17.7 Å². The molecule has 0 bridgehead atoms. The molecule has 1 heterocycles. The van der Waals surface area contributed by atoms with Gasteiger partial charge in [0.1, 0.15) is 0 Å². The summed E-state index contributed by atoms with van der Waals surface area (Å²) < 4.78 is 0. The number of fused-ring (bicyclic) bond motifs is 1. The van der Waals surface area contributed by atoms with Crippen molar-refractivity contribution in [3.63, 3.8) is 0 Å². The smallest absolute Gasteiger partial charge is 0.0460 e.